The van der Waals surface area contributed by atoms with Crippen LogP contribution in [-0.2, 0) is 9.53 Å². The second-order valence-electron chi connectivity index (χ2n) is 4.85. The van der Waals surface area contributed by atoms with Gasteiger partial charge in [-0.25, -0.2) is 4.79 Å². The Labute approximate surface area is 127 Å². The van der Waals surface area contributed by atoms with Crippen molar-refractivity contribution in [3.05, 3.63) is 12.2 Å². The molecule has 0 aromatic carbocycles. The third-order valence-corrected chi connectivity index (χ3v) is 3.43. The molecule has 0 aromatic heterocycles. The Hall–Kier alpha value is -0.970. The average molecular weight is 303 g/mol. The Kier molecular flexibility index (Phi) is 10.3. The van der Waals surface area contributed by atoms with Crippen molar-refractivity contribution in [3.8, 4) is 0 Å². The summed E-state index contributed by atoms with van der Waals surface area (Å²) in [4.78, 5) is 13.8. The lowest BCUT2D eigenvalue weighted by molar-refractivity contribution is -0.153. The molecular weight excluding hydrogens is 277 g/mol. The molecule has 0 spiro atoms. The molecule has 116 valence electrons. The zero-order valence-electron chi connectivity index (χ0n) is 12.8. The largest absolute Gasteiger partial charge is 0.426 e. The molecule has 20 heavy (non-hydrogen) atoms. The predicted octanol–water partition coefficient (Wildman–Crippen LogP) is 4.02. The van der Waals surface area contributed by atoms with Gasteiger partial charge >= 0.3 is 5.97 Å². The molecule has 0 aliphatic heterocycles. The quantitative estimate of drug-likeness (QED) is 0.264. The molecule has 0 amide bonds. The maximum atomic E-state index is 13.8. The SMILES string of the molecule is C=C(C)C(=O)OC(F)CN(CCCCCC)C(=S)CC. The van der Waals surface area contributed by atoms with Crippen molar-refractivity contribution < 1.29 is 13.9 Å². The smallest absolute Gasteiger partial charge is 0.335 e. The molecule has 0 aromatic rings. The highest BCUT2D eigenvalue weighted by Gasteiger charge is 2.18. The molecule has 0 fully saturated rings. The van der Waals surface area contributed by atoms with Gasteiger partial charge < -0.3 is 9.64 Å². The summed E-state index contributed by atoms with van der Waals surface area (Å²) in [6, 6.07) is 0. The first-order valence-electron chi connectivity index (χ1n) is 7.20. The van der Waals surface area contributed by atoms with Crippen LogP contribution in [0.3, 0.4) is 0 Å². The number of thiocarbonyl (C=S) groups is 1. The van der Waals surface area contributed by atoms with Crippen molar-refractivity contribution >= 4 is 23.2 Å². The molecule has 0 radical (unpaired) electrons. The molecule has 0 saturated carbocycles. The molecule has 3 nitrogen and oxygen atoms in total. The monoisotopic (exact) mass is 303 g/mol. The molecule has 1 atom stereocenters. The highest BCUT2D eigenvalue weighted by molar-refractivity contribution is 7.80. The summed E-state index contributed by atoms with van der Waals surface area (Å²) in [6.45, 7) is 9.71. The Bertz CT molecular complexity index is 334. The van der Waals surface area contributed by atoms with Crippen LogP contribution in [0.4, 0.5) is 4.39 Å². The number of unbranched alkanes of at least 4 members (excludes halogenated alkanes) is 3. The van der Waals surface area contributed by atoms with Gasteiger partial charge in [-0.05, 0) is 19.8 Å². The van der Waals surface area contributed by atoms with Crippen molar-refractivity contribution in [1.29, 1.82) is 0 Å². The lowest BCUT2D eigenvalue weighted by atomic mass is 10.2. The summed E-state index contributed by atoms with van der Waals surface area (Å²) in [5.41, 5.74) is 0.195. The van der Waals surface area contributed by atoms with Crippen LogP contribution in [-0.4, -0.2) is 35.3 Å². The van der Waals surface area contributed by atoms with Crippen LogP contribution >= 0.6 is 12.2 Å². The van der Waals surface area contributed by atoms with Crippen molar-refractivity contribution in [3.63, 3.8) is 0 Å². The molecular formula is C15H26FNO2S. The van der Waals surface area contributed by atoms with E-state index in [1.165, 1.54) is 6.92 Å². The van der Waals surface area contributed by atoms with E-state index in [-0.39, 0.29) is 12.1 Å². The normalized spacial score (nSPS) is 11.8. The van der Waals surface area contributed by atoms with E-state index >= 15 is 0 Å². The molecule has 0 aliphatic rings. The fourth-order valence-corrected chi connectivity index (χ4v) is 1.86. The van der Waals surface area contributed by atoms with Crippen LogP contribution in [0.5, 0.6) is 0 Å². The third kappa shape index (κ3) is 8.25. The fourth-order valence-electron chi connectivity index (χ4n) is 1.70. The highest BCUT2D eigenvalue weighted by Crippen LogP contribution is 2.08. The number of nitrogens with zero attached hydrogens (tertiary/aromatic N) is 1. The van der Waals surface area contributed by atoms with Gasteiger partial charge in [0.05, 0.1) is 11.5 Å². The van der Waals surface area contributed by atoms with E-state index in [4.69, 9.17) is 12.2 Å². The van der Waals surface area contributed by atoms with E-state index in [1.807, 2.05) is 6.92 Å². The van der Waals surface area contributed by atoms with Crippen molar-refractivity contribution in [1.82, 2.24) is 4.90 Å². The second kappa shape index (κ2) is 10.8. The minimum Gasteiger partial charge on any atom is -0.426 e. The van der Waals surface area contributed by atoms with Crippen LogP contribution in [0, 0.1) is 0 Å². The molecule has 0 aliphatic carbocycles. The fraction of sp³-hybridized carbons (Fsp3) is 0.733. The van der Waals surface area contributed by atoms with Gasteiger partial charge in [0.25, 0.3) is 6.36 Å². The number of alkyl halides is 1. The van der Waals surface area contributed by atoms with Crippen LogP contribution in [0.25, 0.3) is 0 Å². The molecule has 0 saturated heterocycles. The van der Waals surface area contributed by atoms with Gasteiger partial charge in [0, 0.05) is 12.1 Å². The lowest BCUT2D eigenvalue weighted by Gasteiger charge is -2.26. The highest BCUT2D eigenvalue weighted by atomic mass is 32.1. The summed E-state index contributed by atoms with van der Waals surface area (Å²) in [5.74, 6) is -0.703. The first-order valence-corrected chi connectivity index (χ1v) is 7.61. The van der Waals surface area contributed by atoms with Crippen molar-refractivity contribution in [2.45, 2.75) is 59.2 Å². The first kappa shape index (κ1) is 19.0. The maximum absolute atomic E-state index is 13.8. The lowest BCUT2D eigenvalue weighted by Crippen LogP contribution is -2.37. The number of rotatable bonds is 10. The summed E-state index contributed by atoms with van der Waals surface area (Å²) >= 11 is 5.24. The number of carbonyl (C=O) groups excluding carboxylic acids is 1. The minimum absolute atomic E-state index is 0.00216. The molecule has 0 rings (SSSR count). The first-order chi connectivity index (χ1) is 9.42. The van der Waals surface area contributed by atoms with Crippen molar-refractivity contribution in [2.24, 2.45) is 0 Å². The number of hydrogen-bond acceptors (Lipinski definition) is 3. The van der Waals surface area contributed by atoms with E-state index in [9.17, 15) is 9.18 Å². The van der Waals surface area contributed by atoms with Gasteiger partial charge in [-0.2, -0.15) is 4.39 Å². The standard InChI is InChI=1S/C15H26FNO2S/c1-5-7-8-9-10-17(14(20)6-2)11-13(16)19-15(18)12(3)4/h13H,3,5-11H2,1-2,4H3. The Morgan fingerprint density at radius 1 is 1.35 bits per heavy atom. The summed E-state index contributed by atoms with van der Waals surface area (Å²) in [6.07, 6.45) is 3.40. The van der Waals surface area contributed by atoms with E-state index in [0.29, 0.717) is 18.0 Å². The van der Waals surface area contributed by atoms with Crippen LogP contribution < -0.4 is 0 Å². The van der Waals surface area contributed by atoms with Crippen LogP contribution in [0.1, 0.15) is 52.9 Å². The van der Waals surface area contributed by atoms with E-state index in [0.717, 1.165) is 25.7 Å². The summed E-state index contributed by atoms with van der Waals surface area (Å²) in [5, 5.41) is 0. The predicted molar refractivity (Wildman–Crippen MR) is 84.4 cm³/mol. The zero-order chi connectivity index (χ0) is 15.5. The van der Waals surface area contributed by atoms with Crippen LogP contribution in [0.15, 0.2) is 12.2 Å². The number of esters is 1. The molecule has 5 heteroatoms. The van der Waals surface area contributed by atoms with Gasteiger partial charge in [-0.15, -0.1) is 0 Å². The maximum Gasteiger partial charge on any atom is 0.335 e. The Morgan fingerprint density at radius 3 is 2.50 bits per heavy atom. The second-order valence-corrected chi connectivity index (χ2v) is 5.32. The van der Waals surface area contributed by atoms with Crippen LogP contribution in [0.2, 0.25) is 0 Å². The molecule has 1 unspecified atom stereocenters. The molecule has 0 heterocycles. The molecule has 0 bridgehead atoms. The van der Waals surface area contributed by atoms with E-state index in [2.05, 4.69) is 18.2 Å². The zero-order valence-corrected chi connectivity index (χ0v) is 13.6. The summed E-state index contributed by atoms with van der Waals surface area (Å²) in [7, 11) is 0. The van der Waals surface area contributed by atoms with Gasteiger partial charge in [0.1, 0.15) is 0 Å². The van der Waals surface area contributed by atoms with Gasteiger partial charge in [0.2, 0.25) is 0 Å². The minimum atomic E-state index is -1.67. The van der Waals surface area contributed by atoms with E-state index < -0.39 is 12.3 Å². The average Bonchev–Trinajstić information content (AvgIpc) is 2.41. The number of carbonyl (C=O) groups is 1. The Balaban J connectivity index is 4.30. The van der Waals surface area contributed by atoms with Crippen molar-refractivity contribution in [2.75, 3.05) is 13.1 Å². The number of ether oxygens (including phenoxy) is 1. The topological polar surface area (TPSA) is 29.5 Å². The summed E-state index contributed by atoms with van der Waals surface area (Å²) < 4.78 is 18.4. The van der Waals surface area contributed by atoms with Gasteiger partial charge in [-0.1, -0.05) is 51.9 Å². The molecule has 0 N–H and O–H groups in total. The van der Waals surface area contributed by atoms with Gasteiger partial charge in [-0.3, -0.25) is 0 Å². The van der Waals surface area contributed by atoms with E-state index in [1.54, 1.807) is 4.90 Å². The number of halogens is 1. The third-order valence-electron chi connectivity index (χ3n) is 2.88. The number of hydrogen-bond donors (Lipinski definition) is 0. The van der Waals surface area contributed by atoms with Gasteiger partial charge in [0.15, 0.2) is 0 Å². The Morgan fingerprint density at radius 2 is 2.00 bits per heavy atom.